The molecule has 5 atom stereocenters. The minimum absolute atomic E-state index is 0.533. The van der Waals surface area contributed by atoms with Crippen LogP contribution >= 0.6 is 22.6 Å². The van der Waals surface area contributed by atoms with Crippen LogP contribution in [0.1, 0.15) is 5.56 Å². The number of carbonyl (C=O) groups is 1. The van der Waals surface area contributed by atoms with Gasteiger partial charge in [-0.15, -0.1) is 0 Å². The fourth-order valence-electron chi connectivity index (χ4n) is 2.18. The highest BCUT2D eigenvalue weighted by Crippen LogP contribution is 2.19. The van der Waals surface area contributed by atoms with Gasteiger partial charge in [0, 0.05) is 9.65 Å². The second kappa shape index (κ2) is 8.18. The summed E-state index contributed by atoms with van der Waals surface area (Å²) in [6.45, 7) is -0.546. The number of hydrogen-bond acceptors (Lipinski definition) is 6. The molecular formula is C15H18INO6. The second-order valence-corrected chi connectivity index (χ2v) is 6.28. The first-order valence-electron chi connectivity index (χ1n) is 6.97. The molecule has 0 spiro atoms. The van der Waals surface area contributed by atoms with Gasteiger partial charge in [-0.3, -0.25) is 4.79 Å². The van der Waals surface area contributed by atoms with E-state index in [0.29, 0.717) is 0 Å². The van der Waals surface area contributed by atoms with Crippen LogP contribution in [0.3, 0.4) is 0 Å². The van der Waals surface area contributed by atoms with Crippen molar-refractivity contribution in [2.24, 2.45) is 0 Å². The number of benzene rings is 1. The Hall–Kier alpha value is -1.04. The molecule has 5 N–H and O–H groups in total. The Bertz CT molecular complexity index is 579. The zero-order valence-corrected chi connectivity index (χ0v) is 14.2. The number of carbonyl (C=O) groups excluding carboxylic acids is 1. The van der Waals surface area contributed by atoms with Gasteiger partial charge in [-0.25, -0.2) is 0 Å². The molecule has 1 aliphatic heterocycles. The van der Waals surface area contributed by atoms with Gasteiger partial charge in [0.25, 0.3) is 0 Å². The minimum atomic E-state index is -1.52. The van der Waals surface area contributed by atoms with E-state index >= 15 is 0 Å². The number of amides is 1. The molecule has 1 saturated heterocycles. The molecule has 1 aromatic carbocycles. The maximum absolute atomic E-state index is 11.9. The molecule has 0 saturated carbocycles. The molecule has 126 valence electrons. The van der Waals surface area contributed by atoms with E-state index in [2.05, 4.69) is 27.9 Å². The maximum atomic E-state index is 11.9. The van der Waals surface area contributed by atoms with Crippen molar-refractivity contribution in [1.29, 1.82) is 0 Å². The van der Waals surface area contributed by atoms with Crippen molar-refractivity contribution in [1.82, 2.24) is 5.32 Å². The van der Waals surface area contributed by atoms with Crippen molar-refractivity contribution in [3.8, 4) is 0 Å². The van der Waals surface area contributed by atoms with Crippen molar-refractivity contribution in [3.63, 3.8) is 0 Å². The Balaban J connectivity index is 2.00. The maximum Gasteiger partial charge on any atom is 0.246 e. The molecule has 1 aromatic rings. The Kier molecular flexibility index (Phi) is 6.50. The van der Waals surface area contributed by atoms with Crippen LogP contribution in [0.4, 0.5) is 0 Å². The van der Waals surface area contributed by atoms with Gasteiger partial charge < -0.3 is 30.5 Å². The molecule has 0 aliphatic carbocycles. The summed E-state index contributed by atoms with van der Waals surface area (Å²) in [5.74, 6) is -0.533. The summed E-state index contributed by atoms with van der Waals surface area (Å²) in [5.41, 5.74) is 0.858. The van der Waals surface area contributed by atoms with Crippen LogP contribution in [-0.2, 0) is 9.53 Å². The zero-order valence-electron chi connectivity index (χ0n) is 12.0. The van der Waals surface area contributed by atoms with Crippen LogP contribution in [0.5, 0.6) is 0 Å². The summed E-state index contributed by atoms with van der Waals surface area (Å²) in [6, 6.07) is 7.47. The van der Waals surface area contributed by atoms with E-state index in [1.165, 1.54) is 6.08 Å². The van der Waals surface area contributed by atoms with Crippen LogP contribution in [-0.4, -0.2) is 63.6 Å². The van der Waals surface area contributed by atoms with Gasteiger partial charge in [0.2, 0.25) is 5.91 Å². The monoisotopic (exact) mass is 435 g/mol. The highest BCUT2D eigenvalue weighted by molar-refractivity contribution is 14.1. The molecule has 23 heavy (non-hydrogen) atoms. The van der Waals surface area contributed by atoms with Crippen LogP contribution < -0.4 is 5.32 Å². The number of nitrogens with one attached hydrogen (secondary N) is 1. The summed E-state index contributed by atoms with van der Waals surface area (Å²) in [5, 5.41) is 40.7. The van der Waals surface area contributed by atoms with Crippen molar-refractivity contribution in [2.75, 3.05) is 6.61 Å². The molecule has 1 heterocycles. The average Bonchev–Trinajstić information content (AvgIpc) is 2.54. The third-order valence-corrected chi connectivity index (χ3v) is 4.48. The Morgan fingerprint density at radius 2 is 1.91 bits per heavy atom. The van der Waals surface area contributed by atoms with E-state index < -0.39 is 43.2 Å². The predicted molar refractivity (Wildman–Crippen MR) is 90.1 cm³/mol. The van der Waals surface area contributed by atoms with E-state index in [4.69, 9.17) is 9.84 Å². The molecule has 1 fully saturated rings. The number of aliphatic hydroxyl groups is 4. The lowest BCUT2D eigenvalue weighted by Crippen LogP contribution is -2.63. The number of hydrogen-bond donors (Lipinski definition) is 5. The molecule has 0 bridgehead atoms. The smallest absolute Gasteiger partial charge is 0.246 e. The summed E-state index contributed by atoms with van der Waals surface area (Å²) in [6.07, 6.45) is -3.87. The predicted octanol–water partition coefficient (Wildman–Crippen LogP) is -0.780. The van der Waals surface area contributed by atoms with Crippen molar-refractivity contribution < 1.29 is 30.0 Å². The summed E-state index contributed by atoms with van der Waals surface area (Å²) >= 11 is 2.14. The normalized spacial score (nSPS) is 31.3. The van der Waals surface area contributed by atoms with Crippen LogP contribution in [0, 0.1) is 3.57 Å². The first kappa shape index (κ1) is 18.3. The van der Waals surface area contributed by atoms with Crippen molar-refractivity contribution in [2.45, 2.75) is 30.6 Å². The first-order valence-corrected chi connectivity index (χ1v) is 8.05. The number of halogens is 1. The van der Waals surface area contributed by atoms with E-state index in [9.17, 15) is 20.1 Å². The molecule has 8 heteroatoms. The van der Waals surface area contributed by atoms with Gasteiger partial charge in [0.05, 0.1) is 6.61 Å². The highest BCUT2D eigenvalue weighted by atomic mass is 127. The topological polar surface area (TPSA) is 119 Å². The largest absolute Gasteiger partial charge is 0.394 e. The van der Waals surface area contributed by atoms with Gasteiger partial charge in [-0.1, -0.05) is 18.2 Å². The fourth-order valence-corrected chi connectivity index (χ4v) is 2.75. The fraction of sp³-hybridized carbons (Fsp3) is 0.400. The molecular weight excluding hydrogens is 417 g/mol. The van der Waals surface area contributed by atoms with Crippen LogP contribution in [0.25, 0.3) is 6.08 Å². The quantitative estimate of drug-likeness (QED) is 0.313. The Morgan fingerprint density at radius 3 is 2.57 bits per heavy atom. The lowest BCUT2D eigenvalue weighted by molar-refractivity contribution is -0.235. The first-order chi connectivity index (χ1) is 10.9. The second-order valence-electron chi connectivity index (χ2n) is 5.11. The molecule has 0 radical (unpaired) electrons. The van der Waals surface area contributed by atoms with Gasteiger partial charge in [-0.05, 0) is 40.3 Å². The molecule has 0 aromatic heterocycles. The Labute approximate surface area is 146 Å². The van der Waals surface area contributed by atoms with Crippen molar-refractivity contribution >= 4 is 34.6 Å². The lowest BCUT2D eigenvalue weighted by atomic mass is 9.98. The molecule has 0 unspecified atom stereocenters. The minimum Gasteiger partial charge on any atom is -0.394 e. The lowest BCUT2D eigenvalue weighted by Gasteiger charge is -2.39. The summed E-state index contributed by atoms with van der Waals surface area (Å²) in [4.78, 5) is 11.9. The van der Waals surface area contributed by atoms with Crippen molar-refractivity contribution in [3.05, 3.63) is 39.5 Å². The van der Waals surface area contributed by atoms with E-state index in [1.807, 2.05) is 24.3 Å². The third kappa shape index (κ3) is 4.49. The summed E-state index contributed by atoms with van der Waals surface area (Å²) < 4.78 is 6.17. The molecule has 1 amide bonds. The van der Waals surface area contributed by atoms with E-state index in [1.54, 1.807) is 6.08 Å². The van der Waals surface area contributed by atoms with Gasteiger partial charge >= 0.3 is 0 Å². The molecule has 7 nitrogen and oxygen atoms in total. The Morgan fingerprint density at radius 1 is 1.22 bits per heavy atom. The molecule has 1 aliphatic rings. The number of rotatable bonds is 4. The standard InChI is InChI=1S/C15H18INO6/c16-9-4-2-1-3-8(9)5-6-11(19)17-15-14(22)13(21)12(20)10(7-18)23-15/h1-6,10,12-15,18,20-22H,7H2,(H,17,19)/b6-5+/t10-,12-,13+,14-,15-/m1/s1. The zero-order chi connectivity index (χ0) is 17.0. The summed E-state index contributed by atoms with van der Waals surface area (Å²) in [7, 11) is 0. The third-order valence-electron chi connectivity index (χ3n) is 3.50. The van der Waals surface area contributed by atoms with E-state index in [0.717, 1.165) is 9.13 Å². The van der Waals surface area contributed by atoms with Gasteiger partial charge in [-0.2, -0.15) is 0 Å². The number of ether oxygens (including phenoxy) is 1. The molecule has 2 rings (SSSR count). The van der Waals surface area contributed by atoms with Gasteiger partial charge in [0.1, 0.15) is 24.4 Å². The van der Waals surface area contributed by atoms with Gasteiger partial charge in [0.15, 0.2) is 6.23 Å². The SMILES string of the molecule is O=C(/C=C/c1ccccc1I)N[C@@H]1O[C@H](CO)[C@@H](O)[C@H](O)[C@H]1O. The number of aliphatic hydroxyl groups excluding tert-OH is 4. The highest BCUT2D eigenvalue weighted by Gasteiger charge is 2.43. The van der Waals surface area contributed by atoms with E-state index in [-0.39, 0.29) is 0 Å². The van der Waals surface area contributed by atoms with Crippen LogP contribution in [0.15, 0.2) is 30.3 Å². The van der Waals surface area contributed by atoms with Crippen LogP contribution in [0.2, 0.25) is 0 Å². The average molecular weight is 435 g/mol.